The lowest BCUT2D eigenvalue weighted by Gasteiger charge is -2.55. The number of piperazine rings is 1. The first-order valence-electron chi connectivity index (χ1n) is 12.4. The van der Waals surface area contributed by atoms with E-state index in [0.717, 1.165) is 11.1 Å². The minimum absolute atomic E-state index is 0.0741. The van der Waals surface area contributed by atoms with E-state index < -0.39 is 18.2 Å². The second-order valence-corrected chi connectivity index (χ2v) is 9.65. The number of hydrogen-bond acceptors (Lipinski definition) is 4. The maximum Gasteiger partial charge on any atom is 0.334 e. The van der Waals surface area contributed by atoms with Crippen molar-refractivity contribution >= 4 is 17.8 Å². The van der Waals surface area contributed by atoms with Gasteiger partial charge in [-0.1, -0.05) is 62.2 Å². The van der Waals surface area contributed by atoms with Crippen molar-refractivity contribution < 1.29 is 18.8 Å². The lowest BCUT2D eigenvalue weighted by atomic mass is 9.96. The molecule has 1 N–H and O–H groups in total. The molecule has 8 nitrogen and oxygen atoms in total. The van der Waals surface area contributed by atoms with E-state index in [2.05, 4.69) is 11.2 Å². The number of terminal acetylenes is 1. The van der Waals surface area contributed by atoms with Crippen LogP contribution in [0.4, 0.5) is 9.18 Å². The summed E-state index contributed by atoms with van der Waals surface area (Å²) < 4.78 is 13.3. The summed E-state index contributed by atoms with van der Waals surface area (Å²) in [6, 6.07) is 14.6. The van der Waals surface area contributed by atoms with Gasteiger partial charge < -0.3 is 15.1 Å². The molecule has 0 bridgehead atoms. The lowest BCUT2D eigenvalue weighted by molar-refractivity contribution is -0.191. The smallest absolute Gasteiger partial charge is 0.334 e. The molecule has 2 fully saturated rings. The van der Waals surface area contributed by atoms with Crippen LogP contribution in [0.15, 0.2) is 54.6 Å². The molecule has 2 aromatic rings. The van der Waals surface area contributed by atoms with Crippen molar-refractivity contribution in [1.82, 2.24) is 25.1 Å². The lowest BCUT2D eigenvalue weighted by Crippen LogP contribution is -2.77. The molecule has 194 valence electrons. The van der Waals surface area contributed by atoms with Crippen LogP contribution in [0.25, 0.3) is 0 Å². The van der Waals surface area contributed by atoms with Crippen molar-refractivity contribution in [3.8, 4) is 12.3 Å². The van der Waals surface area contributed by atoms with Crippen LogP contribution in [0.5, 0.6) is 0 Å². The summed E-state index contributed by atoms with van der Waals surface area (Å²) >= 11 is 0. The average molecular weight is 506 g/mol. The van der Waals surface area contributed by atoms with Crippen LogP contribution in [-0.4, -0.2) is 76.0 Å². The van der Waals surface area contributed by atoms with E-state index >= 15 is 0 Å². The molecular weight excluding hydrogens is 473 g/mol. The molecule has 2 unspecified atom stereocenters. The van der Waals surface area contributed by atoms with E-state index in [9.17, 15) is 18.8 Å². The van der Waals surface area contributed by atoms with Crippen molar-refractivity contribution in [2.45, 2.75) is 39.0 Å². The Balaban J connectivity index is 1.60. The first-order valence-corrected chi connectivity index (χ1v) is 12.4. The second-order valence-electron chi connectivity index (χ2n) is 9.65. The Morgan fingerprint density at radius 2 is 1.81 bits per heavy atom. The molecule has 2 aliphatic heterocycles. The Labute approximate surface area is 217 Å². The molecule has 2 aliphatic rings. The summed E-state index contributed by atoms with van der Waals surface area (Å²) in [4.78, 5) is 43.6. The van der Waals surface area contributed by atoms with E-state index in [4.69, 9.17) is 6.42 Å². The maximum absolute atomic E-state index is 13.5. The monoisotopic (exact) mass is 505 g/mol. The predicted octanol–water partition coefficient (Wildman–Crippen LogP) is 2.47. The highest BCUT2D eigenvalue weighted by Gasteiger charge is 2.52. The topological polar surface area (TPSA) is 76.2 Å². The largest absolute Gasteiger partial charge is 0.337 e. The second kappa shape index (κ2) is 11.4. The Morgan fingerprint density at radius 1 is 1.11 bits per heavy atom. The Bertz CT molecular complexity index is 1160. The van der Waals surface area contributed by atoms with E-state index in [-0.39, 0.29) is 43.2 Å². The third-order valence-electron chi connectivity index (χ3n) is 6.75. The van der Waals surface area contributed by atoms with Gasteiger partial charge in [0.15, 0.2) is 0 Å². The molecular formula is C28H32FN5O3. The highest BCUT2D eigenvalue weighted by atomic mass is 19.1. The van der Waals surface area contributed by atoms with Crippen molar-refractivity contribution in [1.29, 1.82) is 0 Å². The summed E-state index contributed by atoms with van der Waals surface area (Å²) in [6.45, 7) is 4.60. The van der Waals surface area contributed by atoms with Gasteiger partial charge in [-0.3, -0.25) is 9.59 Å². The van der Waals surface area contributed by atoms with Gasteiger partial charge in [0.2, 0.25) is 11.8 Å². The predicted molar refractivity (Wildman–Crippen MR) is 137 cm³/mol. The van der Waals surface area contributed by atoms with Crippen LogP contribution in [-0.2, 0) is 22.6 Å². The van der Waals surface area contributed by atoms with Crippen molar-refractivity contribution in [2.24, 2.45) is 5.92 Å². The van der Waals surface area contributed by atoms with Gasteiger partial charge in [-0.2, -0.15) is 5.01 Å². The first-order chi connectivity index (χ1) is 17.8. The zero-order valence-electron chi connectivity index (χ0n) is 21.1. The van der Waals surface area contributed by atoms with Gasteiger partial charge in [-0.15, -0.1) is 6.42 Å². The van der Waals surface area contributed by atoms with Gasteiger partial charge in [0.1, 0.15) is 18.0 Å². The normalized spacial score (nSPS) is 20.1. The van der Waals surface area contributed by atoms with Gasteiger partial charge in [0, 0.05) is 13.1 Å². The molecule has 4 rings (SSSR count). The number of hydrogen-bond donors (Lipinski definition) is 1. The highest BCUT2D eigenvalue weighted by molar-refractivity contribution is 5.91. The molecule has 2 atom stereocenters. The number of carbonyl (C=O) groups excluding carboxylic acids is 3. The highest BCUT2D eigenvalue weighted by Crippen LogP contribution is 2.29. The molecule has 0 spiro atoms. The summed E-state index contributed by atoms with van der Waals surface area (Å²) in [5.41, 5.74) is 1.83. The number of rotatable bonds is 7. The van der Waals surface area contributed by atoms with Crippen LogP contribution < -0.4 is 5.32 Å². The van der Waals surface area contributed by atoms with Gasteiger partial charge in [-0.05, 0) is 35.6 Å². The van der Waals surface area contributed by atoms with E-state index in [0.29, 0.717) is 19.5 Å². The summed E-state index contributed by atoms with van der Waals surface area (Å²) in [5.74, 6) is 1.66. The number of nitrogens with zero attached hydrogens (tertiary/aromatic N) is 4. The number of nitrogens with one attached hydrogen (secondary N) is 1. The molecule has 0 radical (unpaired) electrons. The molecule has 37 heavy (non-hydrogen) atoms. The standard InChI is InChI=1S/C28H32FN5O3/c1-4-15-32-19-25(35)33-24(34(32)28(37)30-17-22-8-6-5-7-9-22)18-31(27(36)26(33)20(2)3)16-14-21-10-12-23(29)13-11-21/h1,5-13,20,24,26H,14-19H2,2-3H3,(H,30,37). The molecule has 0 saturated carbocycles. The van der Waals surface area contributed by atoms with Crippen molar-refractivity contribution in [3.05, 3.63) is 71.5 Å². The van der Waals surface area contributed by atoms with Crippen LogP contribution in [0.1, 0.15) is 25.0 Å². The number of carbonyl (C=O) groups is 3. The number of amides is 4. The third kappa shape index (κ3) is 5.75. The zero-order valence-corrected chi connectivity index (χ0v) is 21.1. The molecule has 9 heteroatoms. The number of urea groups is 1. The van der Waals surface area contributed by atoms with Crippen LogP contribution in [0.3, 0.4) is 0 Å². The summed E-state index contributed by atoms with van der Waals surface area (Å²) in [5, 5.41) is 6.00. The van der Waals surface area contributed by atoms with E-state index in [1.165, 1.54) is 17.1 Å². The summed E-state index contributed by atoms with van der Waals surface area (Å²) in [6.07, 6.45) is 5.40. The quantitative estimate of drug-likeness (QED) is 0.587. The van der Waals surface area contributed by atoms with Crippen LogP contribution >= 0.6 is 0 Å². The fraction of sp³-hybridized carbons (Fsp3) is 0.393. The maximum atomic E-state index is 13.5. The Kier molecular flexibility index (Phi) is 8.09. The van der Waals surface area contributed by atoms with E-state index in [1.807, 2.05) is 44.2 Å². The Morgan fingerprint density at radius 3 is 2.46 bits per heavy atom. The average Bonchev–Trinajstić information content (AvgIpc) is 2.88. The van der Waals surface area contributed by atoms with Gasteiger partial charge in [0.05, 0.1) is 19.6 Å². The van der Waals surface area contributed by atoms with E-state index in [1.54, 1.807) is 26.9 Å². The van der Waals surface area contributed by atoms with Gasteiger partial charge in [0.25, 0.3) is 0 Å². The number of hydrazine groups is 1. The zero-order chi connectivity index (χ0) is 26.5. The van der Waals surface area contributed by atoms with Crippen LogP contribution in [0.2, 0.25) is 0 Å². The fourth-order valence-electron chi connectivity index (χ4n) is 4.96. The molecule has 2 aromatic carbocycles. The SMILES string of the molecule is C#CCN1CC(=O)N2C(C(C)C)C(=O)N(CCc3ccc(F)cc3)CC2N1C(=O)NCc1ccccc1. The number of halogens is 1. The number of benzene rings is 2. The molecule has 0 aromatic heterocycles. The van der Waals surface area contributed by atoms with Crippen LogP contribution in [0, 0.1) is 24.1 Å². The van der Waals surface area contributed by atoms with Crippen molar-refractivity contribution in [2.75, 3.05) is 26.2 Å². The van der Waals surface area contributed by atoms with Gasteiger partial charge >= 0.3 is 6.03 Å². The fourth-order valence-corrected chi connectivity index (χ4v) is 4.96. The van der Waals surface area contributed by atoms with Crippen molar-refractivity contribution in [3.63, 3.8) is 0 Å². The Hall–Kier alpha value is -3.90. The minimum atomic E-state index is -0.711. The summed E-state index contributed by atoms with van der Waals surface area (Å²) in [7, 11) is 0. The minimum Gasteiger partial charge on any atom is -0.337 e. The first kappa shape index (κ1) is 26.2. The van der Waals surface area contributed by atoms with Gasteiger partial charge in [-0.25, -0.2) is 14.2 Å². The third-order valence-corrected chi connectivity index (χ3v) is 6.75. The molecule has 0 aliphatic carbocycles. The number of fused-ring (bicyclic) bond motifs is 1. The molecule has 2 heterocycles. The molecule has 4 amide bonds. The molecule has 2 saturated heterocycles.